The van der Waals surface area contributed by atoms with Crippen molar-refractivity contribution in [3.05, 3.63) is 56.8 Å². The monoisotopic (exact) mass is 437 g/mol. The number of hydrogen-bond donors (Lipinski definition) is 1. The van der Waals surface area contributed by atoms with Crippen molar-refractivity contribution in [2.75, 3.05) is 5.32 Å². The Hall–Kier alpha value is -2.75. The Kier molecular flexibility index (Phi) is 5.26. The summed E-state index contributed by atoms with van der Waals surface area (Å²) in [6.45, 7) is 3.23. The van der Waals surface area contributed by atoms with Crippen LogP contribution in [0.5, 0.6) is 0 Å². The summed E-state index contributed by atoms with van der Waals surface area (Å²) in [6, 6.07) is 2.60. The highest BCUT2D eigenvalue weighted by Gasteiger charge is 2.18. The molecule has 27 heavy (non-hydrogen) atoms. The van der Waals surface area contributed by atoms with Gasteiger partial charge in [-0.1, -0.05) is 13.8 Å². The van der Waals surface area contributed by atoms with E-state index in [1.165, 1.54) is 12.1 Å². The molecule has 0 aliphatic rings. The average molecular weight is 438 g/mol. The number of aromatic nitrogens is 4. The molecule has 0 saturated heterocycles. The number of anilines is 1. The molecule has 0 saturated carbocycles. The van der Waals surface area contributed by atoms with Crippen LogP contribution in [0.1, 0.15) is 25.5 Å². The van der Waals surface area contributed by atoms with Crippen molar-refractivity contribution in [3.63, 3.8) is 0 Å². The number of nitrogens with zero attached hydrogens (tertiary/aromatic N) is 4. The molecule has 0 fully saturated rings. The third kappa shape index (κ3) is 3.85. The van der Waals surface area contributed by atoms with E-state index >= 15 is 0 Å². The van der Waals surface area contributed by atoms with Gasteiger partial charge in [-0.15, -0.1) is 0 Å². The molecule has 0 aliphatic carbocycles. The number of rotatable bonds is 4. The van der Waals surface area contributed by atoms with Crippen LogP contribution < -0.4 is 10.9 Å². The Bertz CT molecular complexity index is 1100. The molecule has 7 nitrogen and oxygen atoms in total. The first-order valence-electron chi connectivity index (χ1n) is 7.93. The van der Waals surface area contributed by atoms with Crippen molar-refractivity contribution < 1.29 is 13.6 Å². The zero-order valence-corrected chi connectivity index (χ0v) is 15.9. The number of amides is 1. The summed E-state index contributed by atoms with van der Waals surface area (Å²) in [6.07, 6.45) is 1.99. The van der Waals surface area contributed by atoms with Crippen LogP contribution in [0.4, 0.5) is 14.6 Å². The van der Waals surface area contributed by atoms with E-state index in [0.717, 1.165) is 17.2 Å². The Balaban J connectivity index is 2.03. The highest BCUT2D eigenvalue weighted by atomic mass is 79.9. The highest BCUT2D eigenvalue weighted by Crippen LogP contribution is 2.26. The molecule has 2 aromatic heterocycles. The lowest BCUT2D eigenvalue weighted by Gasteiger charge is -2.13. The maximum absolute atomic E-state index is 13.9. The molecule has 0 spiro atoms. The van der Waals surface area contributed by atoms with Gasteiger partial charge in [0.05, 0.1) is 21.7 Å². The third-order valence-electron chi connectivity index (χ3n) is 3.80. The van der Waals surface area contributed by atoms with E-state index in [0.29, 0.717) is 11.1 Å². The Morgan fingerprint density at radius 1 is 1.26 bits per heavy atom. The molecule has 1 N–H and O–H groups in total. The Labute approximate surface area is 160 Å². The van der Waals surface area contributed by atoms with E-state index in [2.05, 4.69) is 36.3 Å². The summed E-state index contributed by atoms with van der Waals surface area (Å²) in [5.41, 5.74) is -0.0922. The minimum Gasteiger partial charge on any atom is -0.307 e. The molecule has 0 bridgehead atoms. The molecule has 1 amide bonds. The number of nitrogens with one attached hydrogen (secondary N) is 1. The second-order valence-corrected chi connectivity index (χ2v) is 6.94. The van der Waals surface area contributed by atoms with Crippen LogP contribution in [-0.4, -0.2) is 25.7 Å². The van der Waals surface area contributed by atoms with Crippen LogP contribution in [-0.2, 0) is 11.3 Å². The van der Waals surface area contributed by atoms with E-state index in [-0.39, 0.29) is 21.6 Å². The zero-order chi connectivity index (χ0) is 19.7. The number of halogens is 3. The first-order chi connectivity index (χ1) is 12.8. The van der Waals surface area contributed by atoms with Crippen LogP contribution in [0, 0.1) is 11.6 Å². The lowest BCUT2D eigenvalue weighted by molar-refractivity contribution is -0.117. The summed E-state index contributed by atoms with van der Waals surface area (Å²) in [7, 11) is 0. The molecular formula is C17H14BrF2N5O2. The van der Waals surface area contributed by atoms with E-state index in [4.69, 9.17) is 0 Å². The van der Waals surface area contributed by atoms with Crippen LogP contribution in [0.2, 0.25) is 0 Å². The highest BCUT2D eigenvalue weighted by molar-refractivity contribution is 9.10. The first-order valence-corrected chi connectivity index (χ1v) is 8.72. The molecule has 0 atom stereocenters. The Morgan fingerprint density at radius 2 is 2.00 bits per heavy atom. The molecule has 140 valence electrons. The van der Waals surface area contributed by atoms with Crippen LogP contribution in [0.15, 0.2) is 33.9 Å². The fourth-order valence-corrected chi connectivity index (χ4v) is 2.89. The standard InChI is InChI=1S/C17H14BrF2N5O2/c1-8(2)15-9-4-12(19)11(18)3-10(9)17(27)25(24-15)6-14(26)23-16-13(20)5-21-7-22-16/h3-5,7-8H,6H2,1-2H3,(H,21,22,23,26). The van der Waals surface area contributed by atoms with Crippen LogP contribution in [0.3, 0.4) is 0 Å². The normalized spacial score (nSPS) is 11.2. The molecule has 3 aromatic rings. The first kappa shape index (κ1) is 19.0. The van der Waals surface area contributed by atoms with Gasteiger partial charge in [0, 0.05) is 5.39 Å². The third-order valence-corrected chi connectivity index (χ3v) is 4.40. The summed E-state index contributed by atoms with van der Waals surface area (Å²) >= 11 is 3.06. The number of fused-ring (bicyclic) bond motifs is 1. The molecule has 1 aromatic carbocycles. The molecule has 3 rings (SSSR count). The second kappa shape index (κ2) is 7.47. The van der Waals surface area contributed by atoms with Crippen molar-refractivity contribution in [2.45, 2.75) is 26.3 Å². The fraction of sp³-hybridized carbons (Fsp3) is 0.235. The quantitative estimate of drug-likeness (QED) is 0.677. The van der Waals surface area contributed by atoms with E-state index in [1.54, 1.807) is 0 Å². The molecule has 0 radical (unpaired) electrons. The summed E-state index contributed by atoms with van der Waals surface area (Å²) < 4.78 is 28.6. The summed E-state index contributed by atoms with van der Waals surface area (Å²) in [5.74, 6) is -2.41. The summed E-state index contributed by atoms with van der Waals surface area (Å²) in [5, 5.41) is 7.09. The lowest BCUT2D eigenvalue weighted by atomic mass is 10.0. The van der Waals surface area contributed by atoms with E-state index in [9.17, 15) is 18.4 Å². The van der Waals surface area contributed by atoms with Crippen LogP contribution >= 0.6 is 15.9 Å². The number of carbonyl (C=O) groups is 1. The van der Waals surface area contributed by atoms with Gasteiger partial charge in [-0.3, -0.25) is 9.59 Å². The molecule has 10 heteroatoms. The topological polar surface area (TPSA) is 89.8 Å². The van der Waals surface area contributed by atoms with E-state index in [1.807, 2.05) is 13.8 Å². The van der Waals surface area contributed by atoms with Gasteiger partial charge in [-0.25, -0.2) is 23.4 Å². The van der Waals surface area contributed by atoms with Crippen molar-refractivity contribution in [1.82, 2.24) is 19.7 Å². The SMILES string of the molecule is CC(C)c1nn(CC(=O)Nc2ncncc2F)c(=O)c2cc(Br)c(F)cc12. The minimum absolute atomic E-state index is 0.123. The van der Waals surface area contributed by atoms with Crippen molar-refractivity contribution in [2.24, 2.45) is 0 Å². The molecule has 0 aliphatic heterocycles. The smallest absolute Gasteiger partial charge is 0.275 e. The van der Waals surface area contributed by atoms with Gasteiger partial charge in [-0.2, -0.15) is 5.10 Å². The van der Waals surface area contributed by atoms with Gasteiger partial charge in [0.15, 0.2) is 11.6 Å². The predicted molar refractivity (Wildman–Crippen MR) is 98.4 cm³/mol. The number of carbonyl (C=O) groups excluding carboxylic acids is 1. The zero-order valence-electron chi connectivity index (χ0n) is 14.3. The van der Waals surface area contributed by atoms with Crippen LogP contribution in [0.25, 0.3) is 10.8 Å². The van der Waals surface area contributed by atoms with Gasteiger partial charge in [-0.05, 0) is 34.0 Å². The Morgan fingerprint density at radius 3 is 2.67 bits per heavy atom. The second-order valence-electron chi connectivity index (χ2n) is 6.08. The van der Waals surface area contributed by atoms with Crippen molar-refractivity contribution in [3.8, 4) is 0 Å². The molecule has 2 heterocycles. The van der Waals surface area contributed by atoms with Gasteiger partial charge in [0.25, 0.3) is 5.56 Å². The average Bonchev–Trinajstić information content (AvgIpc) is 2.61. The van der Waals surface area contributed by atoms with Gasteiger partial charge >= 0.3 is 0 Å². The minimum atomic E-state index is -0.799. The lowest BCUT2D eigenvalue weighted by Crippen LogP contribution is -2.31. The number of hydrogen-bond acceptors (Lipinski definition) is 5. The maximum atomic E-state index is 13.9. The predicted octanol–water partition coefficient (Wildman–Crippen LogP) is 2.99. The fourth-order valence-electron chi connectivity index (χ4n) is 2.55. The maximum Gasteiger partial charge on any atom is 0.275 e. The van der Waals surface area contributed by atoms with Crippen molar-refractivity contribution >= 4 is 38.4 Å². The summed E-state index contributed by atoms with van der Waals surface area (Å²) in [4.78, 5) is 32.0. The van der Waals surface area contributed by atoms with Gasteiger partial charge in [0.2, 0.25) is 5.91 Å². The van der Waals surface area contributed by atoms with Crippen molar-refractivity contribution in [1.29, 1.82) is 0 Å². The van der Waals surface area contributed by atoms with Gasteiger partial charge in [0.1, 0.15) is 18.7 Å². The van der Waals surface area contributed by atoms with Gasteiger partial charge < -0.3 is 5.32 Å². The molecule has 0 unspecified atom stereocenters. The number of benzene rings is 1. The molecular weight excluding hydrogens is 424 g/mol. The largest absolute Gasteiger partial charge is 0.307 e. The van der Waals surface area contributed by atoms with E-state index < -0.39 is 29.6 Å².